The third kappa shape index (κ3) is 3.61. The normalized spacial score (nSPS) is 12.9. The van der Waals surface area contributed by atoms with Crippen LogP contribution in [0.2, 0.25) is 0 Å². The van der Waals surface area contributed by atoms with Crippen molar-refractivity contribution in [3.05, 3.63) is 138 Å². The monoisotopic (exact) mass is 504 g/mol. The fourth-order valence-corrected chi connectivity index (χ4v) is 5.62. The Morgan fingerprint density at radius 2 is 1.18 bits per heavy atom. The maximum absolute atomic E-state index is 6.15. The lowest BCUT2D eigenvalue weighted by Crippen LogP contribution is -2.29. The molecule has 2 aromatic heterocycles. The maximum atomic E-state index is 6.15. The molecule has 0 bridgehead atoms. The summed E-state index contributed by atoms with van der Waals surface area (Å²) in [5, 5.41) is 6.97. The summed E-state index contributed by atoms with van der Waals surface area (Å²) in [5.41, 5.74) is 8.32. The second-order valence-corrected chi connectivity index (χ2v) is 9.85. The van der Waals surface area contributed by atoms with Crippen LogP contribution >= 0.6 is 0 Å². The van der Waals surface area contributed by atoms with E-state index in [1.807, 2.05) is 30.3 Å². The molecule has 7 aromatic rings. The van der Waals surface area contributed by atoms with Gasteiger partial charge in [-0.25, -0.2) is 0 Å². The Morgan fingerprint density at radius 3 is 2.00 bits per heavy atom. The van der Waals surface area contributed by atoms with E-state index < -0.39 is 0 Å². The molecule has 39 heavy (non-hydrogen) atoms. The number of anilines is 2. The van der Waals surface area contributed by atoms with E-state index in [2.05, 4.69) is 107 Å². The van der Waals surface area contributed by atoms with Gasteiger partial charge in [-0.15, -0.1) is 0 Å². The summed E-state index contributed by atoms with van der Waals surface area (Å²) in [6.07, 6.45) is 2.20. The quantitative estimate of drug-likeness (QED) is 0.259. The topological polar surface area (TPSA) is 41.6 Å². The Bertz CT molecular complexity index is 2010. The number of para-hydroxylation sites is 2. The van der Waals surface area contributed by atoms with Gasteiger partial charge < -0.3 is 14.2 Å². The largest absolute Gasteiger partial charge is 0.459 e. The van der Waals surface area contributed by atoms with Crippen molar-refractivity contribution in [2.75, 3.05) is 4.90 Å². The van der Waals surface area contributed by atoms with Crippen LogP contribution in [0.1, 0.15) is 11.3 Å². The molecular weight excluding hydrogens is 480 g/mol. The van der Waals surface area contributed by atoms with Gasteiger partial charge in [0.2, 0.25) is 0 Å². The first-order valence-electron chi connectivity index (χ1n) is 13.1. The SMILES string of the molecule is C1=C(N(c2ccc(-c3ccccc3)cc2)c2ccc3oc4ccccc4c3c2)NCc2oc3ccccc3c21. The second-order valence-electron chi connectivity index (χ2n) is 9.85. The molecule has 0 spiro atoms. The first kappa shape index (κ1) is 21.8. The molecule has 0 radical (unpaired) electrons. The molecule has 186 valence electrons. The first-order chi connectivity index (χ1) is 19.3. The number of furan rings is 2. The molecule has 1 N–H and O–H groups in total. The number of fused-ring (bicyclic) bond motifs is 6. The minimum atomic E-state index is 0.616. The van der Waals surface area contributed by atoms with Gasteiger partial charge in [-0.05, 0) is 59.7 Å². The standard InChI is InChI=1S/C35H24N2O2/c1-2-8-23(9-3-1)24-14-16-25(17-15-24)37(26-18-19-33-29(20-26)27-10-4-6-12-31(27)38-33)35-21-30-28-11-5-7-13-32(28)39-34(30)22-36-35/h1-21,36H,22H2. The van der Waals surface area contributed by atoms with Crippen LogP contribution in [0, 0.1) is 0 Å². The van der Waals surface area contributed by atoms with Crippen LogP contribution < -0.4 is 10.2 Å². The zero-order valence-electron chi connectivity index (χ0n) is 21.1. The number of hydrogen-bond acceptors (Lipinski definition) is 4. The molecule has 0 saturated carbocycles. The summed E-state index contributed by atoms with van der Waals surface area (Å²) in [5.74, 6) is 1.95. The van der Waals surface area contributed by atoms with Gasteiger partial charge in [-0.3, -0.25) is 4.90 Å². The summed E-state index contributed by atoms with van der Waals surface area (Å²) in [4.78, 5) is 2.28. The number of nitrogens with zero attached hydrogens (tertiary/aromatic N) is 1. The van der Waals surface area contributed by atoms with Crippen LogP contribution in [0.3, 0.4) is 0 Å². The van der Waals surface area contributed by atoms with Crippen molar-refractivity contribution in [1.29, 1.82) is 0 Å². The number of benzene rings is 5. The molecule has 3 heterocycles. The van der Waals surface area contributed by atoms with Crippen molar-refractivity contribution >= 4 is 50.4 Å². The van der Waals surface area contributed by atoms with Crippen molar-refractivity contribution < 1.29 is 8.83 Å². The van der Waals surface area contributed by atoms with E-state index >= 15 is 0 Å². The molecule has 8 rings (SSSR count). The molecule has 0 atom stereocenters. The summed E-state index contributed by atoms with van der Waals surface area (Å²) < 4.78 is 12.3. The summed E-state index contributed by atoms with van der Waals surface area (Å²) in [6.45, 7) is 0.616. The van der Waals surface area contributed by atoms with Crippen LogP contribution in [0.15, 0.2) is 136 Å². The molecule has 0 aliphatic carbocycles. The van der Waals surface area contributed by atoms with Gasteiger partial charge in [-0.2, -0.15) is 0 Å². The van der Waals surface area contributed by atoms with Crippen molar-refractivity contribution in [2.24, 2.45) is 0 Å². The lowest BCUT2D eigenvalue weighted by molar-refractivity contribution is 0.525. The molecular formula is C35H24N2O2. The summed E-state index contributed by atoms with van der Waals surface area (Å²) in [6, 6.07) is 42.1. The van der Waals surface area contributed by atoms with E-state index in [-0.39, 0.29) is 0 Å². The van der Waals surface area contributed by atoms with E-state index in [1.165, 1.54) is 11.1 Å². The van der Waals surface area contributed by atoms with Gasteiger partial charge in [0.05, 0.1) is 6.54 Å². The molecule has 0 unspecified atom stereocenters. The van der Waals surface area contributed by atoms with Gasteiger partial charge in [0.25, 0.3) is 0 Å². The van der Waals surface area contributed by atoms with Gasteiger partial charge in [0, 0.05) is 33.1 Å². The Labute approximate surface area is 225 Å². The van der Waals surface area contributed by atoms with Crippen LogP contribution in [-0.4, -0.2) is 0 Å². The van der Waals surface area contributed by atoms with Gasteiger partial charge in [0.15, 0.2) is 0 Å². The molecule has 4 nitrogen and oxygen atoms in total. The van der Waals surface area contributed by atoms with E-state index in [4.69, 9.17) is 8.83 Å². The zero-order valence-corrected chi connectivity index (χ0v) is 21.1. The van der Waals surface area contributed by atoms with E-state index in [0.717, 1.165) is 61.4 Å². The summed E-state index contributed by atoms with van der Waals surface area (Å²) in [7, 11) is 0. The van der Waals surface area contributed by atoms with Crippen LogP contribution in [0.5, 0.6) is 0 Å². The van der Waals surface area contributed by atoms with Crippen molar-refractivity contribution in [2.45, 2.75) is 6.54 Å². The number of nitrogens with one attached hydrogen (secondary N) is 1. The molecule has 0 fully saturated rings. The van der Waals surface area contributed by atoms with Crippen molar-refractivity contribution in [3.63, 3.8) is 0 Å². The van der Waals surface area contributed by atoms with Gasteiger partial charge in [0.1, 0.15) is 28.3 Å². The zero-order chi connectivity index (χ0) is 25.8. The Hall–Kier alpha value is -5.22. The highest BCUT2D eigenvalue weighted by atomic mass is 16.3. The predicted octanol–water partition coefficient (Wildman–Crippen LogP) is 9.24. The molecule has 5 aromatic carbocycles. The third-order valence-electron chi connectivity index (χ3n) is 7.51. The third-order valence-corrected chi connectivity index (χ3v) is 7.51. The highest BCUT2D eigenvalue weighted by molar-refractivity contribution is 6.06. The van der Waals surface area contributed by atoms with E-state index in [1.54, 1.807) is 0 Å². The van der Waals surface area contributed by atoms with Crippen molar-refractivity contribution in [3.8, 4) is 11.1 Å². The van der Waals surface area contributed by atoms with Crippen LogP contribution in [-0.2, 0) is 6.54 Å². The number of hydrogen-bond donors (Lipinski definition) is 1. The minimum absolute atomic E-state index is 0.616. The Morgan fingerprint density at radius 1 is 0.538 bits per heavy atom. The maximum Gasteiger partial charge on any atom is 0.135 e. The highest BCUT2D eigenvalue weighted by Gasteiger charge is 2.23. The summed E-state index contributed by atoms with van der Waals surface area (Å²) >= 11 is 0. The Balaban J connectivity index is 1.30. The van der Waals surface area contributed by atoms with Crippen LogP contribution in [0.4, 0.5) is 11.4 Å². The average molecular weight is 505 g/mol. The van der Waals surface area contributed by atoms with Gasteiger partial charge in [-0.1, -0.05) is 78.9 Å². The molecule has 0 saturated heterocycles. The van der Waals surface area contributed by atoms with Gasteiger partial charge >= 0.3 is 0 Å². The fourth-order valence-electron chi connectivity index (χ4n) is 5.62. The highest BCUT2D eigenvalue weighted by Crippen LogP contribution is 2.39. The molecule has 1 aliphatic heterocycles. The lowest BCUT2D eigenvalue weighted by Gasteiger charge is -2.30. The van der Waals surface area contributed by atoms with Crippen LogP contribution in [0.25, 0.3) is 50.1 Å². The van der Waals surface area contributed by atoms with Crippen molar-refractivity contribution in [1.82, 2.24) is 5.32 Å². The molecule has 4 heteroatoms. The lowest BCUT2D eigenvalue weighted by atomic mass is 10.0. The van der Waals surface area contributed by atoms with E-state index in [0.29, 0.717) is 6.54 Å². The molecule has 1 aliphatic rings. The van der Waals surface area contributed by atoms with E-state index in [9.17, 15) is 0 Å². The smallest absolute Gasteiger partial charge is 0.135 e. The predicted molar refractivity (Wildman–Crippen MR) is 159 cm³/mol. The number of rotatable bonds is 4. The fraction of sp³-hybridized carbons (Fsp3) is 0.0286. The molecule has 0 amide bonds. The second kappa shape index (κ2) is 8.67. The Kier molecular flexibility index (Phi) is 4.85. The average Bonchev–Trinajstić information content (AvgIpc) is 3.56. The minimum Gasteiger partial charge on any atom is -0.459 e. The first-order valence-corrected chi connectivity index (χ1v) is 13.1.